The summed E-state index contributed by atoms with van der Waals surface area (Å²) in [5, 5.41) is 12.6. The zero-order valence-electron chi connectivity index (χ0n) is 20.5. The minimum atomic E-state index is -0.676. The van der Waals surface area contributed by atoms with Gasteiger partial charge in [-0.2, -0.15) is 0 Å². The summed E-state index contributed by atoms with van der Waals surface area (Å²) in [6.07, 6.45) is 8.59. The molecular formula is C28H36N2O3S2. The number of hydrogen-bond donors (Lipinski definition) is 1. The summed E-state index contributed by atoms with van der Waals surface area (Å²) in [5.74, 6) is 2.41. The number of rotatable bonds is 13. The van der Waals surface area contributed by atoms with Crippen LogP contribution in [0.4, 0.5) is 0 Å². The normalized spacial score (nSPS) is 18.7. The van der Waals surface area contributed by atoms with Gasteiger partial charge in [0.05, 0.1) is 16.8 Å². The van der Waals surface area contributed by atoms with E-state index in [9.17, 15) is 9.90 Å². The van der Waals surface area contributed by atoms with E-state index >= 15 is 0 Å². The number of methoxy groups -OCH3 is 1. The second-order valence-electron chi connectivity index (χ2n) is 9.42. The van der Waals surface area contributed by atoms with E-state index in [4.69, 9.17) is 4.74 Å². The third kappa shape index (κ3) is 7.69. The first-order chi connectivity index (χ1) is 17.1. The molecule has 0 bridgehead atoms. The lowest BCUT2D eigenvalue weighted by Crippen LogP contribution is -2.41. The Morgan fingerprint density at radius 1 is 1.23 bits per heavy atom. The van der Waals surface area contributed by atoms with Crippen molar-refractivity contribution in [2.75, 3.05) is 32.5 Å². The van der Waals surface area contributed by atoms with Crippen molar-refractivity contribution in [2.45, 2.75) is 49.2 Å². The average molecular weight is 513 g/mol. The van der Waals surface area contributed by atoms with Crippen LogP contribution in [0.2, 0.25) is 0 Å². The van der Waals surface area contributed by atoms with Gasteiger partial charge in [-0.3, -0.25) is 9.78 Å². The van der Waals surface area contributed by atoms with Crippen molar-refractivity contribution in [3.8, 4) is 5.75 Å². The molecule has 1 aromatic carbocycles. The number of pyridine rings is 1. The molecule has 1 aliphatic heterocycles. The minimum Gasteiger partial charge on any atom is -0.497 e. The monoisotopic (exact) mass is 512 g/mol. The molecule has 1 aliphatic rings. The summed E-state index contributed by atoms with van der Waals surface area (Å²) in [4.78, 5) is 18.4. The summed E-state index contributed by atoms with van der Waals surface area (Å²) >= 11 is 3.76. The molecule has 35 heavy (non-hydrogen) atoms. The van der Waals surface area contributed by atoms with Crippen molar-refractivity contribution < 1.29 is 14.6 Å². The number of benzene rings is 1. The molecule has 2 unspecified atom stereocenters. The van der Waals surface area contributed by atoms with Crippen LogP contribution in [0.3, 0.4) is 0 Å². The number of piperidine rings is 1. The van der Waals surface area contributed by atoms with E-state index in [2.05, 4.69) is 39.5 Å². The fraction of sp³-hybridized carbons (Fsp3) is 0.500. The van der Waals surface area contributed by atoms with Crippen LogP contribution in [0, 0.1) is 11.8 Å². The van der Waals surface area contributed by atoms with Gasteiger partial charge in [0.25, 0.3) is 0 Å². The molecule has 1 saturated heterocycles. The highest BCUT2D eigenvalue weighted by atomic mass is 32.2. The summed E-state index contributed by atoms with van der Waals surface area (Å²) < 4.78 is 6.81. The lowest BCUT2D eigenvalue weighted by atomic mass is 9.79. The molecule has 0 radical (unpaired) electrons. The summed E-state index contributed by atoms with van der Waals surface area (Å²) in [6.45, 7) is 3.28. The lowest BCUT2D eigenvalue weighted by Gasteiger charge is -2.39. The zero-order valence-corrected chi connectivity index (χ0v) is 22.2. The molecule has 4 rings (SSSR count). The number of carboxylic acid groups (broad SMARTS) is 1. The molecule has 2 aromatic heterocycles. The van der Waals surface area contributed by atoms with Crippen molar-refractivity contribution in [1.82, 2.24) is 9.88 Å². The molecule has 5 nitrogen and oxygen atoms in total. The van der Waals surface area contributed by atoms with Gasteiger partial charge in [-0.25, -0.2) is 0 Å². The molecule has 1 fully saturated rings. The van der Waals surface area contributed by atoms with E-state index in [1.54, 1.807) is 7.11 Å². The number of fused-ring (bicyclic) bond motifs is 1. The molecule has 3 heterocycles. The van der Waals surface area contributed by atoms with Gasteiger partial charge in [-0.1, -0.05) is 6.07 Å². The van der Waals surface area contributed by atoms with E-state index in [0.29, 0.717) is 11.8 Å². The molecule has 1 N–H and O–H groups in total. The lowest BCUT2D eigenvalue weighted by molar-refractivity contribution is -0.137. The smallest absolute Gasteiger partial charge is 0.303 e. The Hall–Kier alpha value is -2.09. The van der Waals surface area contributed by atoms with Gasteiger partial charge >= 0.3 is 5.97 Å². The standard InChI is InChI=1S/C28H36N2O3S2/c1-33-24-9-10-26-25(19-24)22(12-14-29-26)6-2-5-21-13-16-30(20-23(21)8-11-27(31)32)15-4-18-35-28-7-3-17-34-28/h3,7,9-10,12,14,17,19,21,23H,2,4-6,8,11,13,15-16,18,20H2,1H3,(H,31,32). The van der Waals surface area contributed by atoms with Gasteiger partial charge in [-0.05, 0) is 105 Å². The van der Waals surface area contributed by atoms with Gasteiger partial charge < -0.3 is 14.7 Å². The fourth-order valence-corrected chi connectivity index (χ4v) is 7.05. The number of ether oxygens (including phenoxy) is 1. The van der Waals surface area contributed by atoms with Crippen LogP contribution in [-0.4, -0.2) is 53.5 Å². The Balaban J connectivity index is 1.29. The number of carboxylic acids is 1. The first kappa shape index (κ1) is 26.0. The number of carbonyl (C=O) groups is 1. The molecule has 0 aliphatic carbocycles. The number of aryl methyl sites for hydroxylation is 1. The number of thiophene rings is 1. The van der Waals surface area contributed by atoms with Gasteiger partial charge in [-0.15, -0.1) is 23.1 Å². The van der Waals surface area contributed by atoms with Crippen molar-refractivity contribution in [3.63, 3.8) is 0 Å². The number of aromatic nitrogens is 1. The maximum absolute atomic E-state index is 11.3. The van der Waals surface area contributed by atoms with Crippen LogP contribution in [0.5, 0.6) is 5.75 Å². The number of hydrogen-bond acceptors (Lipinski definition) is 6. The third-order valence-electron chi connectivity index (χ3n) is 7.12. The number of thioether (sulfide) groups is 1. The molecule has 7 heteroatoms. The van der Waals surface area contributed by atoms with Crippen molar-refractivity contribution in [1.29, 1.82) is 0 Å². The van der Waals surface area contributed by atoms with Crippen LogP contribution in [-0.2, 0) is 11.2 Å². The first-order valence-electron chi connectivity index (χ1n) is 12.6. The molecule has 3 aromatic rings. The SMILES string of the molecule is COc1ccc2nccc(CCCC3CCN(CCCSc4cccs4)CC3CCC(=O)O)c2c1. The van der Waals surface area contributed by atoms with Crippen molar-refractivity contribution in [2.24, 2.45) is 11.8 Å². The number of likely N-dealkylation sites (tertiary alicyclic amines) is 1. The van der Waals surface area contributed by atoms with Crippen molar-refractivity contribution in [3.05, 3.63) is 53.5 Å². The second-order valence-corrected chi connectivity index (χ2v) is 11.8. The molecule has 0 amide bonds. The number of nitrogens with zero attached hydrogens (tertiary/aromatic N) is 2. The van der Waals surface area contributed by atoms with Crippen LogP contribution in [0.15, 0.2) is 52.2 Å². The van der Waals surface area contributed by atoms with Crippen LogP contribution < -0.4 is 4.74 Å². The van der Waals surface area contributed by atoms with E-state index in [0.717, 1.165) is 62.3 Å². The predicted molar refractivity (Wildman–Crippen MR) is 146 cm³/mol. The zero-order chi connectivity index (χ0) is 24.5. The first-order valence-corrected chi connectivity index (χ1v) is 14.5. The maximum Gasteiger partial charge on any atom is 0.303 e. The van der Waals surface area contributed by atoms with Crippen LogP contribution in [0.1, 0.15) is 44.1 Å². The highest BCUT2D eigenvalue weighted by Gasteiger charge is 2.29. The molecule has 188 valence electrons. The Labute approximate surface area is 216 Å². The Bertz CT molecular complexity index is 1070. The van der Waals surface area contributed by atoms with E-state index in [-0.39, 0.29) is 6.42 Å². The van der Waals surface area contributed by atoms with Gasteiger partial charge in [0.1, 0.15) is 5.75 Å². The average Bonchev–Trinajstić information content (AvgIpc) is 3.39. The third-order valence-corrected chi connectivity index (χ3v) is 9.34. The fourth-order valence-electron chi connectivity index (χ4n) is 5.26. The maximum atomic E-state index is 11.3. The van der Waals surface area contributed by atoms with Gasteiger partial charge in [0.2, 0.25) is 0 Å². The van der Waals surface area contributed by atoms with Crippen LogP contribution in [0.25, 0.3) is 10.9 Å². The minimum absolute atomic E-state index is 0.276. The summed E-state index contributed by atoms with van der Waals surface area (Å²) in [6, 6.07) is 12.5. The predicted octanol–water partition coefficient (Wildman–Crippen LogP) is 6.61. The highest BCUT2D eigenvalue weighted by molar-refractivity contribution is 8.01. The largest absolute Gasteiger partial charge is 0.497 e. The van der Waals surface area contributed by atoms with Crippen LogP contribution >= 0.6 is 23.1 Å². The molecule has 0 saturated carbocycles. The Kier molecular flexibility index (Phi) is 9.86. The Morgan fingerprint density at radius 3 is 2.94 bits per heavy atom. The molecule has 2 atom stereocenters. The molecular weight excluding hydrogens is 476 g/mol. The Morgan fingerprint density at radius 2 is 2.14 bits per heavy atom. The van der Waals surface area contributed by atoms with Crippen molar-refractivity contribution >= 4 is 40.0 Å². The van der Waals surface area contributed by atoms with E-state index < -0.39 is 5.97 Å². The van der Waals surface area contributed by atoms with E-state index in [1.807, 2.05) is 41.4 Å². The number of aliphatic carboxylic acids is 1. The highest BCUT2D eigenvalue weighted by Crippen LogP contribution is 2.33. The van der Waals surface area contributed by atoms with Gasteiger partial charge in [0, 0.05) is 30.3 Å². The topological polar surface area (TPSA) is 62.7 Å². The summed E-state index contributed by atoms with van der Waals surface area (Å²) in [7, 11) is 1.70. The quantitative estimate of drug-likeness (QED) is 0.205. The second kappa shape index (κ2) is 13.3. The molecule has 0 spiro atoms. The van der Waals surface area contributed by atoms with E-state index in [1.165, 1.54) is 28.0 Å². The van der Waals surface area contributed by atoms with Gasteiger partial charge in [0.15, 0.2) is 0 Å². The summed E-state index contributed by atoms with van der Waals surface area (Å²) in [5.41, 5.74) is 2.32.